The van der Waals surface area contributed by atoms with Gasteiger partial charge in [-0.05, 0) is 11.1 Å². The van der Waals surface area contributed by atoms with Gasteiger partial charge in [-0.1, -0.05) is 72.0 Å². The minimum Gasteiger partial charge on any atom is -0.221 e. The topological polar surface area (TPSA) is 94.1 Å². The third-order valence-corrected chi connectivity index (χ3v) is 8.51. The van der Waals surface area contributed by atoms with Crippen molar-refractivity contribution in [1.82, 2.24) is 10.2 Å². The molecule has 0 bridgehead atoms. The van der Waals surface area contributed by atoms with E-state index in [2.05, 4.69) is 10.2 Å². The van der Waals surface area contributed by atoms with Crippen LogP contribution in [0.5, 0.6) is 0 Å². The Morgan fingerprint density at radius 2 is 1.00 bits per heavy atom. The van der Waals surface area contributed by atoms with Crippen molar-refractivity contribution in [2.75, 3.05) is 0 Å². The molecule has 0 atom stereocenters. The van der Waals surface area contributed by atoms with Crippen LogP contribution in [0, 0.1) is 0 Å². The average molecular weight is 394 g/mol. The number of hydrogen-bond acceptors (Lipinski definition) is 7. The molecule has 130 valence electrons. The zero-order valence-electron chi connectivity index (χ0n) is 12.9. The van der Waals surface area contributed by atoms with Gasteiger partial charge in [-0.3, -0.25) is 0 Å². The van der Waals surface area contributed by atoms with Crippen LogP contribution in [-0.4, -0.2) is 27.0 Å². The molecule has 0 aliphatic heterocycles. The predicted molar refractivity (Wildman–Crippen MR) is 94.6 cm³/mol. The van der Waals surface area contributed by atoms with Gasteiger partial charge in [0.15, 0.2) is 0 Å². The van der Waals surface area contributed by atoms with Gasteiger partial charge < -0.3 is 0 Å². The largest absolute Gasteiger partial charge is 0.233 e. The SMILES string of the molecule is O=S(=O)(Cc1ccccc1)c1nnc(S(=O)(=O)Cc2ccccc2)s1. The fourth-order valence-electron chi connectivity index (χ4n) is 2.16. The molecule has 0 aliphatic carbocycles. The van der Waals surface area contributed by atoms with Crippen LogP contribution in [0.25, 0.3) is 0 Å². The van der Waals surface area contributed by atoms with E-state index in [1.54, 1.807) is 60.7 Å². The molecule has 0 spiro atoms. The normalized spacial score (nSPS) is 12.2. The van der Waals surface area contributed by atoms with Gasteiger partial charge in [0.2, 0.25) is 28.4 Å². The first-order chi connectivity index (χ1) is 11.9. The number of nitrogens with zero attached hydrogens (tertiary/aromatic N) is 2. The maximum Gasteiger partial charge on any atom is 0.233 e. The lowest BCUT2D eigenvalue weighted by atomic mass is 10.2. The van der Waals surface area contributed by atoms with Crippen LogP contribution in [0.4, 0.5) is 0 Å². The lowest BCUT2D eigenvalue weighted by Crippen LogP contribution is -2.04. The number of aromatic nitrogens is 2. The molecule has 25 heavy (non-hydrogen) atoms. The minimum absolute atomic E-state index is 0.249. The Hall–Kier alpha value is -2.10. The second-order valence-electron chi connectivity index (χ2n) is 5.32. The molecule has 0 amide bonds. The first-order valence-electron chi connectivity index (χ1n) is 7.24. The summed E-state index contributed by atoms with van der Waals surface area (Å²) in [4.78, 5) is 0. The van der Waals surface area contributed by atoms with Crippen LogP contribution in [0.15, 0.2) is 69.3 Å². The molecule has 3 rings (SSSR count). The van der Waals surface area contributed by atoms with E-state index in [1.807, 2.05) is 0 Å². The Labute approximate surface area is 150 Å². The molecule has 3 aromatic rings. The monoisotopic (exact) mass is 394 g/mol. The molecular formula is C16H14N2O4S3. The fourth-order valence-corrected chi connectivity index (χ4v) is 6.31. The summed E-state index contributed by atoms with van der Waals surface area (Å²) in [6.07, 6.45) is 0. The van der Waals surface area contributed by atoms with E-state index in [-0.39, 0.29) is 20.2 Å². The van der Waals surface area contributed by atoms with Crippen molar-refractivity contribution < 1.29 is 16.8 Å². The first kappa shape index (κ1) is 17.7. The molecule has 0 saturated heterocycles. The van der Waals surface area contributed by atoms with Crippen LogP contribution in [0.1, 0.15) is 11.1 Å². The molecule has 0 N–H and O–H groups in total. The van der Waals surface area contributed by atoms with Crippen molar-refractivity contribution >= 4 is 31.0 Å². The van der Waals surface area contributed by atoms with Gasteiger partial charge in [0.25, 0.3) is 0 Å². The summed E-state index contributed by atoms with van der Waals surface area (Å²) in [5, 5.41) is 7.19. The van der Waals surface area contributed by atoms with E-state index >= 15 is 0 Å². The van der Waals surface area contributed by atoms with E-state index in [0.29, 0.717) is 22.5 Å². The third kappa shape index (κ3) is 4.30. The van der Waals surface area contributed by atoms with Crippen molar-refractivity contribution in [3.63, 3.8) is 0 Å². The maximum atomic E-state index is 12.4. The van der Waals surface area contributed by atoms with E-state index in [9.17, 15) is 16.8 Å². The standard InChI is InChI=1S/C16H14N2O4S3/c19-24(20,11-13-7-3-1-4-8-13)15-17-18-16(23-15)25(21,22)12-14-9-5-2-6-10-14/h1-10H,11-12H2. The van der Waals surface area contributed by atoms with Gasteiger partial charge in [-0.2, -0.15) is 0 Å². The average Bonchev–Trinajstić information content (AvgIpc) is 3.08. The Kier molecular flexibility index (Phi) is 4.98. The van der Waals surface area contributed by atoms with Gasteiger partial charge >= 0.3 is 0 Å². The number of rotatable bonds is 6. The Balaban J connectivity index is 1.84. The highest BCUT2D eigenvalue weighted by atomic mass is 32.3. The summed E-state index contributed by atoms with van der Waals surface area (Å²) in [5.41, 5.74) is 1.21. The van der Waals surface area contributed by atoms with Gasteiger partial charge in [-0.25, -0.2) is 16.8 Å². The minimum atomic E-state index is -3.75. The third-order valence-electron chi connectivity index (χ3n) is 3.32. The fraction of sp³-hybridized carbons (Fsp3) is 0.125. The maximum absolute atomic E-state index is 12.4. The molecule has 1 heterocycles. The zero-order chi connectivity index (χ0) is 17.9. The van der Waals surface area contributed by atoms with Crippen LogP contribution >= 0.6 is 11.3 Å². The molecule has 2 aromatic carbocycles. The van der Waals surface area contributed by atoms with E-state index in [4.69, 9.17) is 0 Å². The van der Waals surface area contributed by atoms with Crippen LogP contribution < -0.4 is 0 Å². The number of hydrogen-bond donors (Lipinski definition) is 0. The molecular weight excluding hydrogens is 380 g/mol. The number of sulfone groups is 2. The van der Waals surface area contributed by atoms with Gasteiger partial charge in [0.1, 0.15) is 0 Å². The summed E-state index contributed by atoms with van der Waals surface area (Å²) >= 11 is 0.587. The molecule has 0 radical (unpaired) electrons. The summed E-state index contributed by atoms with van der Waals surface area (Å²) in [5.74, 6) is -0.498. The highest BCUT2D eigenvalue weighted by Gasteiger charge is 2.26. The molecule has 6 nitrogen and oxygen atoms in total. The Morgan fingerprint density at radius 1 is 0.640 bits per heavy atom. The van der Waals surface area contributed by atoms with Crippen molar-refractivity contribution in [2.45, 2.75) is 20.2 Å². The van der Waals surface area contributed by atoms with Crippen LogP contribution in [0.2, 0.25) is 0 Å². The molecule has 9 heteroatoms. The summed E-state index contributed by atoms with van der Waals surface area (Å²) < 4.78 is 49.1. The van der Waals surface area contributed by atoms with Gasteiger partial charge in [0, 0.05) is 0 Å². The smallest absolute Gasteiger partial charge is 0.221 e. The van der Waals surface area contributed by atoms with Crippen LogP contribution in [-0.2, 0) is 31.2 Å². The quantitative estimate of drug-likeness (QED) is 0.637. The molecule has 0 unspecified atom stereocenters. The summed E-state index contributed by atoms with van der Waals surface area (Å²) in [6, 6.07) is 17.3. The lowest BCUT2D eigenvalue weighted by molar-refractivity contribution is 0.588. The zero-order valence-corrected chi connectivity index (χ0v) is 15.4. The van der Waals surface area contributed by atoms with E-state index in [1.165, 1.54) is 0 Å². The van der Waals surface area contributed by atoms with Gasteiger partial charge in [-0.15, -0.1) is 10.2 Å². The van der Waals surface area contributed by atoms with E-state index < -0.39 is 19.7 Å². The van der Waals surface area contributed by atoms with Gasteiger partial charge in [0.05, 0.1) is 11.5 Å². The highest BCUT2D eigenvalue weighted by Crippen LogP contribution is 2.25. The van der Waals surface area contributed by atoms with Crippen molar-refractivity contribution in [3.05, 3.63) is 71.8 Å². The molecule has 0 fully saturated rings. The lowest BCUT2D eigenvalue weighted by Gasteiger charge is -2.01. The predicted octanol–water partition coefficient (Wildman–Crippen LogP) is 2.49. The summed E-state index contributed by atoms with van der Waals surface area (Å²) in [6.45, 7) is 0. The Bertz CT molecular complexity index is 975. The van der Waals surface area contributed by atoms with Crippen LogP contribution in [0.3, 0.4) is 0 Å². The Morgan fingerprint density at radius 3 is 1.36 bits per heavy atom. The molecule has 0 aliphatic rings. The molecule has 1 aromatic heterocycles. The summed E-state index contributed by atoms with van der Waals surface area (Å²) in [7, 11) is -7.49. The second-order valence-corrected chi connectivity index (χ2v) is 10.6. The van der Waals surface area contributed by atoms with Crippen molar-refractivity contribution in [2.24, 2.45) is 0 Å². The second kappa shape index (κ2) is 7.03. The van der Waals surface area contributed by atoms with Crippen molar-refractivity contribution in [1.29, 1.82) is 0 Å². The first-order valence-corrected chi connectivity index (χ1v) is 11.4. The highest BCUT2D eigenvalue weighted by molar-refractivity contribution is 7.95. The van der Waals surface area contributed by atoms with E-state index in [0.717, 1.165) is 0 Å². The molecule has 0 saturated carbocycles. The number of benzene rings is 2. The van der Waals surface area contributed by atoms with Crippen molar-refractivity contribution in [3.8, 4) is 0 Å².